The van der Waals surface area contributed by atoms with E-state index in [2.05, 4.69) is 0 Å². The molecule has 2 saturated heterocycles. The Kier molecular flexibility index (Phi) is 5.78. The quantitative estimate of drug-likeness (QED) is 0.722. The molecule has 1 aromatic heterocycles. The highest BCUT2D eigenvalue weighted by molar-refractivity contribution is 7.91. The van der Waals surface area contributed by atoms with Gasteiger partial charge in [0.2, 0.25) is 0 Å². The molecule has 1 N–H and O–H groups in total. The summed E-state index contributed by atoms with van der Waals surface area (Å²) in [6, 6.07) is 3.14. The van der Waals surface area contributed by atoms with Gasteiger partial charge in [-0.05, 0) is 12.1 Å². The Morgan fingerprint density at radius 2 is 1.88 bits per heavy atom. The second kappa shape index (κ2) is 7.67. The van der Waals surface area contributed by atoms with Crippen molar-refractivity contribution in [1.29, 1.82) is 0 Å². The maximum atomic E-state index is 12.6. The number of nitrogens with zero attached hydrogens (tertiary/aromatic N) is 2. The number of piperazine rings is 1. The van der Waals surface area contributed by atoms with Gasteiger partial charge in [-0.1, -0.05) is 11.6 Å². The first kappa shape index (κ1) is 18.1. The van der Waals surface area contributed by atoms with Crippen molar-refractivity contribution >= 4 is 38.9 Å². The number of amides is 1. The summed E-state index contributed by atoms with van der Waals surface area (Å²) in [6.45, 7) is 5.00. The summed E-state index contributed by atoms with van der Waals surface area (Å²) in [5.41, 5.74) is 0. The molecule has 1 amide bonds. The second-order valence-corrected chi connectivity index (χ2v) is 9.76. The average molecular weight is 395 g/mol. The van der Waals surface area contributed by atoms with Crippen molar-refractivity contribution in [2.45, 2.75) is 4.21 Å². The molecule has 10 heteroatoms. The molecule has 0 aliphatic carbocycles. The van der Waals surface area contributed by atoms with Gasteiger partial charge >= 0.3 is 0 Å². The van der Waals surface area contributed by atoms with Gasteiger partial charge in [0.15, 0.2) is 6.54 Å². The van der Waals surface area contributed by atoms with Crippen molar-refractivity contribution in [1.82, 2.24) is 9.21 Å². The van der Waals surface area contributed by atoms with E-state index in [-0.39, 0.29) is 10.1 Å². The van der Waals surface area contributed by atoms with E-state index in [1.807, 2.05) is 4.90 Å². The average Bonchev–Trinajstić information content (AvgIpc) is 3.03. The minimum Gasteiger partial charge on any atom is -0.378 e. The molecule has 2 aliphatic rings. The van der Waals surface area contributed by atoms with Gasteiger partial charge in [0, 0.05) is 13.1 Å². The van der Waals surface area contributed by atoms with E-state index in [9.17, 15) is 13.2 Å². The first-order valence-corrected chi connectivity index (χ1v) is 10.5. The number of ether oxygens (including phenoxy) is 1. The Bertz CT molecular complexity index is 680. The van der Waals surface area contributed by atoms with E-state index in [4.69, 9.17) is 16.3 Å². The maximum absolute atomic E-state index is 12.6. The lowest BCUT2D eigenvalue weighted by Gasteiger charge is -2.33. The summed E-state index contributed by atoms with van der Waals surface area (Å²) in [7, 11) is -3.47. The smallest absolute Gasteiger partial charge is 0.277 e. The molecule has 2 aliphatic heterocycles. The number of quaternary nitrogens is 1. The van der Waals surface area contributed by atoms with Gasteiger partial charge in [-0.2, -0.15) is 4.31 Å². The largest absolute Gasteiger partial charge is 0.378 e. The van der Waals surface area contributed by atoms with Gasteiger partial charge in [-0.15, -0.1) is 11.3 Å². The number of carbonyl (C=O) groups excluding carboxylic acids is 1. The van der Waals surface area contributed by atoms with Crippen LogP contribution in [0.5, 0.6) is 0 Å². The van der Waals surface area contributed by atoms with Crippen LogP contribution in [-0.2, 0) is 19.6 Å². The highest BCUT2D eigenvalue weighted by Gasteiger charge is 2.32. The van der Waals surface area contributed by atoms with Crippen molar-refractivity contribution in [3.63, 3.8) is 0 Å². The Labute approximate surface area is 150 Å². The molecule has 0 spiro atoms. The summed E-state index contributed by atoms with van der Waals surface area (Å²) < 4.78 is 32.6. The van der Waals surface area contributed by atoms with Crippen LogP contribution in [0.4, 0.5) is 0 Å². The lowest BCUT2D eigenvalue weighted by atomic mass is 10.3. The summed E-state index contributed by atoms with van der Waals surface area (Å²) >= 11 is 6.91. The van der Waals surface area contributed by atoms with E-state index < -0.39 is 10.0 Å². The van der Waals surface area contributed by atoms with E-state index >= 15 is 0 Å². The third-order valence-electron chi connectivity index (χ3n) is 4.34. The van der Waals surface area contributed by atoms with Crippen LogP contribution < -0.4 is 4.90 Å². The molecule has 0 radical (unpaired) electrons. The first-order valence-electron chi connectivity index (χ1n) is 7.91. The van der Waals surface area contributed by atoms with Crippen LogP contribution in [0.2, 0.25) is 4.34 Å². The molecule has 0 atom stereocenters. The molecular formula is C14H21ClN3O4S2+. The predicted octanol–water partition coefficient (Wildman–Crippen LogP) is -0.850. The number of thiophene rings is 1. The fraction of sp³-hybridized carbons (Fsp3) is 0.643. The van der Waals surface area contributed by atoms with E-state index in [1.54, 1.807) is 12.1 Å². The predicted molar refractivity (Wildman–Crippen MR) is 91.1 cm³/mol. The molecule has 0 bridgehead atoms. The van der Waals surface area contributed by atoms with Crippen LogP contribution in [-0.4, -0.2) is 82.6 Å². The van der Waals surface area contributed by atoms with Gasteiger partial charge in [0.1, 0.15) is 4.21 Å². The molecule has 7 nitrogen and oxygen atoms in total. The maximum Gasteiger partial charge on any atom is 0.277 e. The van der Waals surface area contributed by atoms with Crippen LogP contribution in [0.3, 0.4) is 0 Å². The standard InChI is InChI=1S/C14H20ClN3O4S2/c15-12-1-2-14(23-12)24(20,21)18-5-3-16(4-6-18)11-13(19)17-7-9-22-10-8-17/h1-2H,3-11H2/p+1. The zero-order valence-corrected chi connectivity index (χ0v) is 15.6. The van der Waals surface area contributed by atoms with Crippen LogP contribution in [0.25, 0.3) is 0 Å². The monoisotopic (exact) mass is 394 g/mol. The van der Waals surface area contributed by atoms with Gasteiger partial charge in [0.05, 0.1) is 43.7 Å². The van der Waals surface area contributed by atoms with E-state index in [1.165, 1.54) is 4.31 Å². The number of carbonyl (C=O) groups is 1. The third kappa shape index (κ3) is 4.09. The molecule has 134 valence electrons. The van der Waals surface area contributed by atoms with Crippen LogP contribution in [0.15, 0.2) is 16.3 Å². The van der Waals surface area contributed by atoms with Crippen LogP contribution in [0, 0.1) is 0 Å². The minimum atomic E-state index is -3.47. The normalized spacial score (nSPS) is 21.1. The molecule has 3 rings (SSSR count). The molecule has 1 aromatic rings. The lowest BCUT2D eigenvalue weighted by Crippen LogP contribution is -3.15. The number of sulfonamides is 1. The molecule has 0 unspecified atom stereocenters. The fourth-order valence-corrected chi connectivity index (χ4v) is 6.00. The number of nitrogens with one attached hydrogen (secondary N) is 1. The third-order valence-corrected chi connectivity index (χ3v) is 7.93. The van der Waals surface area contributed by atoms with Crippen molar-refractivity contribution in [2.75, 3.05) is 59.0 Å². The zero-order chi connectivity index (χ0) is 17.2. The Morgan fingerprint density at radius 3 is 2.46 bits per heavy atom. The molecule has 0 aromatic carbocycles. The van der Waals surface area contributed by atoms with Crippen LogP contribution >= 0.6 is 22.9 Å². The van der Waals surface area contributed by atoms with Crippen molar-refractivity contribution in [3.8, 4) is 0 Å². The Morgan fingerprint density at radius 1 is 1.21 bits per heavy atom. The van der Waals surface area contributed by atoms with Gasteiger partial charge in [-0.3, -0.25) is 4.79 Å². The Hall–Kier alpha value is -0.710. The van der Waals surface area contributed by atoms with Crippen molar-refractivity contribution in [2.24, 2.45) is 0 Å². The van der Waals surface area contributed by atoms with Gasteiger partial charge < -0.3 is 14.5 Å². The topological polar surface area (TPSA) is 71.4 Å². The first-order chi connectivity index (χ1) is 11.5. The SMILES string of the molecule is O=C(C[NH+]1CCN(S(=O)(=O)c2ccc(Cl)s2)CC1)N1CCOCC1. The number of morpholine rings is 1. The lowest BCUT2D eigenvalue weighted by molar-refractivity contribution is -0.896. The number of hydrogen-bond acceptors (Lipinski definition) is 5. The zero-order valence-electron chi connectivity index (χ0n) is 13.2. The second-order valence-electron chi connectivity index (χ2n) is 5.88. The molecule has 3 heterocycles. The van der Waals surface area contributed by atoms with Crippen LogP contribution in [0.1, 0.15) is 0 Å². The summed E-state index contributed by atoms with van der Waals surface area (Å²) in [5, 5.41) is 0. The fourth-order valence-electron chi connectivity index (χ4n) is 2.92. The van der Waals surface area contributed by atoms with Crippen molar-refractivity contribution < 1.29 is 22.8 Å². The molecule has 24 heavy (non-hydrogen) atoms. The number of hydrogen-bond donors (Lipinski definition) is 1. The summed E-state index contributed by atoms with van der Waals surface area (Å²) in [5.74, 6) is 0.120. The molecule has 2 fully saturated rings. The summed E-state index contributed by atoms with van der Waals surface area (Å²) in [6.07, 6.45) is 0. The van der Waals surface area contributed by atoms with Crippen molar-refractivity contribution in [3.05, 3.63) is 16.5 Å². The summed E-state index contributed by atoms with van der Waals surface area (Å²) in [4.78, 5) is 15.2. The van der Waals surface area contributed by atoms with Gasteiger partial charge in [0.25, 0.3) is 15.9 Å². The Balaban J connectivity index is 1.53. The molecular weight excluding hydrogens is 374 g/mol. The van der Waals surface area contributed by atoms with E-state index in [0.717, 1.165) is 16.2 Å². The highest BCUT2D eigenvalue weighted by atomic mass is 35.5. The number of rotatable bonds is 4. The van der Waals surface area contributed by atoms with E-state index in [0.29, 0.717) is 63.4 Å². The minimum absolute atomic E-state index is 0.120. The number of halogens is 1. The highest BCUT2D eigenvalue weighted by Crippen LogP contribution is 2.27. The molecule has 0 saturated carbocycles. The van der Waals surface area contributed by atoms with Gasteiger partial charge in [-0.25, -0.2) is 8.42 Å².